The Morgan fingerprint density at radius 2 is 2.05 bits per heavy atom. The summed E-state index contributed by atoms with van der Waals surface area (Å²) in [6.45, 7) is 2.91. The van der Waals surface area contributed by atoms with Crippen LogP contribution in [0.4, 0.5) is 0 Å². The molecule has 4 heteroatoms. The van der Waals surface area contributed by atoms with Crippen LogP contribution in [0.1, 0.15) is 24.2 Å². The molecule has 1 N–H and O–H groups in total. The lowest BCUT2D eigenvalue weighted by Gasteiger charge is -2.20. The third kappa shape index (κ3) is 2.75. The van der Waals surface area contributed by atoms with E-state index in [0.29, 0.717) is 5.02 Å². The van der Waals surface area contributed by atoms with E-state index in [4.69, 9.17) is 11.6 Å². The predicted octanol–water partition coefficient (Wildman–Crippen LogP) is 3.98. The summed E-state index contributed by atoms with van der Waals surface area (Å²) in [6.07, 6.45) is 5.47. The fourth-order valence-corrected chi connectivity index (χ4v) is 2.80. The summed E-state index contributed by atoms with van der Waals surface area (Å²) in [5.41, 5.74) is 2.02. The molecule has 1 atom stereocenters. The molecule has 0 amide bonds. The summed E-state index contributed by atoms with van der Waals surface area (Å²) in [5, 5.41) is 6.44. The number of aromatic nitrogens is 2. The number of pyridine rings is 2. The monoisotopic (exact) mass is 297 g/mol. The average molecular weight is 298 g/mol. The predicted molar refractivity (Wildman–Crippen MR) is 86.5 cm³/mol. The van der Waals surface area contributed by atoms with Gasteiger partial charge in [-0.05, 0) is 35.7 Å². The fraction of sp³-hybridized carbons (Fsp3) is 0.176. The van der Waals surface area contributed by atoms with Gasteiger partial charge in [0.1, 0.15) is 0 Å². The maximum Gasteiger partial charge on any atom is 0.0804 e. The van der Waals surface area contributed by atoms with Crippen molar-refractivity contribution in [3.8, 4) is 0 Å². The largest absolute Gasteiger partial charge is 0.305 e. The summed E-state index contributed by atoms with van der Waals surface area (Å²) < 4.78 is 0. The van der Waals surface area contributed by atoms with Crippen molar-refractivity contribution in [1.82, 2.24) is 15.3 Å². The van der Waals surface area contributed by atoms with Gasteiger partial charge in [0, 0.05) is 24.0 Å². The molecule has 2 heterocycles. The Bertz CT molecular complexity index is 752. The summed E-state index contributed by atoms with van der Waals surface area (Å²) >= 11 is 6.34. The SMILES string of the molecule is CCNC(c1ncccc1Cl)c1cccc2cnccc12. The van der Waals surface area contributed by atoms with Crippen molar-refractivity contribution in [2.45, 2.75) is 13.0 Å². The van der Waals surface area contributed by atoms with E-state index in [2.05, 4.69) is 34.3 Å². The topological polar surface area (TPSA) is 37.8 Å². The molecular formula is C17H16ClN3. The third-order valence-corrected chi connectivity index (χ3v) is 3.81. The van der Waals surface area contributed by atoms with Crippen molar-refractivity contribution < 1.29 is 0 Å². The van der Waals surface area contributed by atoms with E-state index < -0.39 is 0 Å². The minimum Gasteiger partial charge on any atom is -0.305 e. The van der Waals surface area contributed by atoms with Crippen molar-refractivity contribution >= 4 is 22.4 Å². The molecule has 0 aliphatic heterocycles. The highest BCUT2D eigenvalue weighted by molar-refractivity contribution is 6.31. The molecule has 0 radical (unpaired) electrons. The van der Waals surface area contributed by atoms with Crippen LogP contribution in [0.25, 0.3) is 10.8 Å². The van der Waals surface area contributed by atoms with Gasteiger partial charge in [-0.2, -0.15) is 0 Å². The number of benzene rings is 1. The zero-order chi connectivity index (χ0) is 14.7. The molecule has 1 aromatic carbocycles. The lowest BCUT2D eigenvalue weighted by molar-refractivity contribution is 0.619. The zero-order valence-electron chi connectivity index (χ0n) is 11.8. The molecule has 21 heavy (non-hydrogen) atoms. The molecule has 3 aromatic rings. The highest BCUT2D eigenvalue weighted by Crippen LogP contribution is 2.30. The van der Waals surface area contributed by atoms with Crippen LogP contribution in [0.3, 0.4) is 0 Å². The first-order valence-electron chi connectivity index (χ1n) is 6.97. The van der Waals surface area contributed by atoms with Crippen LogP contribution < -0.4 is 5.32 Å². The zero-order valence-corrected chi connectivity index (χ0v) is 12.5. The molecule has 0 spiro atoms. The minimum absolute atomic E-state index is 0.0326. The first kappa shape index (κ1) is 14.0. The van der Waals surface area contributed by atoms with E-state index in [9.17, 15) is 0 Å². The van der Waals surface area contributed by atoms with Gasteiger partial charge in [-0.1, -0.05) is 36.7 Å². The quantitative estimate of drug-likeness (QED) is 0.791. The molecule has 3 nitrogen and oxygen atoms in total. The van der Waals surface area contributed by atoms with E-state index >= 15 is 0 Å². The smallest absolute Gasteiger partial charge is 0.0804 e. The van der Waals surface area contributed by atoms with Gasteiger partial charge in [-0.3, -0.25) is 9.97 Å². The Morgan fingerprint density at radius 3 is 2.86 bits per heavy atom. The first-order chi connectivity index (χ1) is 10.3. The average Bonchev–Trinajstić information content (AvgIpc) is 2.53. The Morgan fingerprint density at radius 1 is 1.14 bits per heavy atom. The van der Waals surface area contributed by atoms with Crippen LogP contribution >= 0.6 is 11.6 Å². The van der Waals surface area contributed by atoms with E-state index in [1.165, 1.54) is 5.39 Å². The van der Waals surface area contributed by atoms with Crippen LogP contribution in [-0.4, -0.2) is 16.5 Å². The number of halogens is 1. The van der Waals surface area contributed by atoms with Gasteiger partial charge in [0.2, 0.25) is 0 Å². The van der Waals surface area contributed by atoms with E-state index in [1.54, 1.807) is 6.20 Å². The molecule has 3 rings (SSSR count). The lowest BCUT2D eigenvalue weighted by atomic mass is 9.97. The summed E-state index contributed by atoms with van der Waals surface area (Å²) in [7, 11) is 0. The number of nitrogens with one attached hydrogen (secondary N) is 1. The van der Waals surface area contributed by atoms with Crippen LogP contribution in [0.15, 0.2) is 55.0 Å². The van der Waals surface area contributed by atoms with Crippen LogP contribution in [-0.2, 0) is 0 Å². The van der Waals surface area contributed by atoms with Gasteiger partial charge in [-0.15, -0.1) is 0 Å². The molecule has 0 bridgehead atoms. The molecule has 0 aliphatic rings. The Hall–Kier alpha value is -1.97. The second-order valence-electron chi connectivity index (χ2n) is 4.81. The molecule has 0 saturated heterocycles. The van der Waals surface area contributed by atoms with Crippen molar-refractivity contribution in [3.05, 3.63) is 71.3 Å². The summed E-state index contributed by atoms with van der Waals surface area (Å²) in [4.78, 5) is 8.66. The highest BCUT2D eigenvalue weighted by Gasteiger charge is 2.19. The molecular weight excluding hydrogens is 282 g/mol. The van der Waals surface area contributed by atoms with Crippen molar-refractivity contribution in [2.75, 3.05) is 6.54 Å². The van der Waals surface area contributed by atoms with Crippen molar-refractivity contribution in [2.24, 2.45) is 0 Å². The molecule has 106 valence electrons. The van der Waals surface area contributed by atoms with Gasteiger partial charge in [-0.25, -0.2) is 0 Å². The molecule has 0 aliphatic carbocycles. The number of fused-ring (bicyclic) bond motifs is 1. The summed E-state index contributed by atoms with van der Waals surface area (Å²) in [5.74, 6) is 0. The maximum atomic E-state index is 6.34. The summed E-state index contributed by atoms with van der Waals surface area (Å²) in [6, 6.07) is 11.9. The first-order valence-corrected chi connectivity index (χ1v) is 7.35. The molecule has 1 unspecified atom stereocenters. The highest BCUT2D eigenvalue weighted by atomic mass is 35.5. The van der Waals surface area contributed by atoms with Gasteiger partial charge in [0.15, 0.2) is 0 Å². The van der Waals surface area contributed by atoms with Gasteiger partial charge in [0.25, 0.3) is 0 Å². The Labute approximate surface area is 129 Å². The van der Waals surface area contributed by atoms with E-state index in [-0.39, 0.29) is 6.04 Å². The molecule has 2 aromatic heterocycles. The fourth-order valence-electron chi connectivity index (χ4n) is 2.57. The van der Waals surface area contributed by atoms with Crippen molar-refractivity contribution in [1.29, 1.82) is 0 Å². The van der Waals surface area contributed by atoms with Crippen LogP contribution in [0.5, 0.6) is 0 Å². The van der Waals surface area contributed by atoms with Crippen LogP contribution in [0, 0.1) is 0 Å². The van der Waals surface area contributed by atoms with Crippen LogP contribution in [0.2, 0.25) is 5.02 Å². The standard InChI is InChI=1S/C17H16ClN3/c1-2-20-16(17-15(18)7-4-9-21-17)14-6-3-5-12-11-19-10-8-13(12)14/h3-11,16,20H,2H2,1H3. The number of nitrogens with zero attached hydrogens (tertiary/aromatic N) is 2. The second kappa shape index (κ2) is 6.20. The number of hydrogen-bond donors (Lipinski definition) is 1. The molecule has 0 saturated carbocycles. The van der Waals surface area contributed by atoms with E-state index in [0.717, 1.165) is 23.2 Å². The second-order valence-corrected chi connectivity index (χ2v) is 5.21. The molecule has 0 fully saturated rings. The van der Waals surface area contributed by atoms with E-state index in [1.807, 2.05) is 36.7 Å². The normalized spacial score (nSPS) is 12.5. The Kier molecular flexibility index (Phi) is 4.13. The minimum atomic E-state index is -0.0326. The van der Waals surface area contributed by atoms with Gasteiger partial charge in [0.05, 0.1) is 16.8 Å². The third-order valence-electron chi connectivity index (χ3n) is 3.49. The number of hydrogen-bond acceptors (Lipinski definition) is 3. The maximum absolute atomic E-state index is 6.34. The Balaban J connectivity index is 2.19. The van der Waals surface area contributed by atoms with Gasteiger partial charge >= 0.3 is 0 Å². The lowest BCUT2D eigenvalue weighted by Crippen LogP contribution is -2.23. The van der Waals surface area contributed by atoms with Crippen molar-refractivity contribution in [3.63, 3.8) is 0 Å². The number of rotatable bonds is 4. The van der Waals surface area contributed by atoms with Gasteiger partial charge < -0.3 is 5.32 Å².